The summed E-state index contributed by atoms with van der Waals surface area (Å²) in [5.41, 5.74) is 6.55. The number of aliphatic imine (C=N–C) groups is 1. The van der Waals surface area contributed by atoms with Gasteiger partial charge in [-0.2, -0.15) is 13.2 Å². The molecule has 1 aromatic rings. The molecule has 1 atom stereocenters. The number of anilines is 1. The lowest BCUT2D eigenvalue weighted by Gasteiger charge is -2.17. The molecular weight excluding hydrogens is 476 g/mol. The van der Waals surface area contributed by atoms with E-state index in [0.29, 0.717) is 43.4 Å². The van der Waals surface area contributed by atoms with Crippen molar-refractivity contribution in [1.29, 1.82) is 0 Å². The van der Waals surface area contributed by atoms with Crippen LogP contribution in [0.1, 0.15) is 20.3 Å². The maximum absolute atomic E-state index is 12.5. The van der Waals surface area contributed by atoms with E-state index in [0.717, 1.165) is 0 Å². The van der Waals surface area contributed by atoms with Gasteiger partial charge in [0.1, 0.15) is 11.5 Å². The largest absolute Gasteiger partial charge is 0.494 e. The summed E-state index contributed by atoms with van der Waals surface area (Å²) >= 11 is 0. The van der Waals surface area contributed by atoms with Crippen LogP contribution in [0.15, 0.2) is 23.2 Å². The maximum Gasteiger partial charge on any atom is 0.401 e. The molecule has 3 N–H and O–H groups in total. The molecule has 1 heterocycles. The molecule has 1 aliphatic heterocycles. The van der Waals surface area contributed by atoms with Crippen LogP contribution in [0.5, 0.6) is 11.5 Å². The number of halogens is 4. The van der Waals surface area contributed by atoms with Crippen LogP contribution in [0, 0.1) is 0 Å². The molecule has 154 valence electrons. The topological polar surface area (TPSA) is 72.1 Å². The van der Waals surface area contributed by atoms with Gasteiger partial charge in [-0.1, -0.05) is 0 Å². The molecule has 1 saturated heterocycles. The predicted molar refractivity (Wildman–Crippen MR) is 110 cm³/mol. The second kappa shape index (κ2) is 10.8. The number of guanidine groups is 1. The highest BCUT2D eigenvalue weighted by Crippen LogP contribution is 2.29. The van der Waals surface area contributed by atoms with Gasteiger partial charge < -0.3 is 20.5 Å². The van der Waals surface area contributed by atoms with E-state index in [2.05, 4.69) is 10.3 Å². The molecule has 0 amide bonds. The number of benzene rings is 1. The van der Waals surface area contributed by atoms with Crippen molar-refractivity contribution in [2.45, 2.75) is 32.5 Å². The van der Waals surface area contributed by atoms with Gasteiger partial charge in [0, 0.05) is 19.2 Å². The maximum atomic E-state index is 12.5. The zero-order valence-electron chi connectivity index (χ0n) is 15.4. The summed E-state index contributed by atoms with van der Waals surface area (Å²) in [5.74, 6) is 1.39. The first-order chi connectivity index (χ1) is 12.3. The lowest BCUT2D eigenvalue weighted by atomic mass is 10.2. The molecule has 1 unspecified atom stereocenters. The van der Waals surface area contributed by atoms with Crippen molar-refractivity contribution in [3.63, 3.8) is 0 Å². The molecule has 0 bridgehead atoms. The van der Waals surface area contributed by atoms with Gasteiger partial charge in [0.15, 0.2) is 5.96 Å². The molecule has 1 aromatic carbocycles. The molecule has 6 nitrogen and oxygen atoms in total. The summed E-state index contributed by atoms with van der Waals surface area (Å²) in [5, 5.41) is 2.97. The number of nitrogens with two attached hydrogens (primary N) is 1. The second-order valence-electron chi connectivity index (χ2n) is 5.96. The van der Waals surface area contributed by atoms with E-state index >= 15 is 0 Å². The second-order valence-corrected chi connectivity index (χ2v) is 5.96. The molecule has 1 fully saturated rings. The average molecular weight is 502 g/mol. The van der Waals surface area contributed by atoms with Gasteiger partial charge in [0.25, 0.3) is 0 Å². The highest BCUT2D eigenvalue weighted by atomic mass is 127. The van der Waals surface area contributed by atoms with E-state index in [9.17, 15) is 13.2 Å². The van der Waals surface area contributed by atoms with Crippen molar-refractivity contribution in [2.24, 2.45) is 10.7 Å². The average Bonchev–Trinajstić information content (AvgIpc) is 2.95. The van der Waals surface area contributed by atoms with Crippen LogP contribution in [0.3, 0.4) is 0 Å². The highest BCUT2D eigenvalue weighted by molar-refractivity contribution is 14.0. The lowest BCUT2D eigenvalue weighted by molar-refractivity contribution is -0.143. The fourth-order valence-electron chi connectivity index (χ4n) is 2.83. The third-order valence-electron chi connectivity index (χ3n) is 3.80. The Labute approximate surface area is 174 Å². The number of rotatable bonds is 7. The number of nitrogens with zero attached hydrogens (tertiary/aromatic N) is 2. The first-order valence-electron chi connectivity index (χ1n) is 8.59. The number of likely N-dealkylation sites (tertiary alicyclic amines) is 1. The van der Waals surface area contributed by atoms with Gasteiger partial charge in [-0.05, 0) is 32.4 Å². The minimum atomic E-state index is -4.20. The Balaban J connectivity index is 0.00000364. The Morgan fingerprint density at radius 2 is 2.00 bits per heavy atom. The number of hydrogen-bond donors (Lipinski definition) is 2. The van der Waals surface area contributed by atoms with E-state index in [1.807, 2.05) is 13.8 Å². The van der Waals surface area contributed by atoms with Crippen molar-refractivity contribution in [2.75, 3.05) is 38.2 Å². The van der Waals surface area contributed by atoms with Gasteiger partial charge in [-0.25, -0.2) is 4.99 Å². The summed E-state index contributed by atoms with van der Waals surface area (Å²) in [4.78, 5) is 5.64. The van der Waals surface area contributed by atoms with Crippen LogP contribution in [-0.4, -0.2) is 55.9 Å². The van der Waals surface area contributed by atoms with E-state index < -0.39 is 12.7 Å². The van der Waals surface area contributed by atoms with Crippen LogP contribution >= 0.6 is 24.0 Å². The normalized spacial score (nSPS) is 18.1. The predicted octanol–water partition coefficient (Wildman–Crippen LogP) is 3.47. The summed E-state index contributed by atoms with van der Waals surface area (Å²) in [7, 11) is 0. The standard InChI is InChI=1S/C17H25F3N4O2.HI/c1-3-25-13-5-6-15(26-4-2)14(9-13)23-16(21)22-12-7-8-24(10-12)11-17(18,19)20;/h5-6,9,12H,3-4,7-8,10-11H2,1-2H3,(H3,21,22,23);1H. The highest BCUT2D eigenvalue weighted by Gasteiger charge is 2.34. The Bertz CT molecular complexity index is 629. The van der Waals surface area contributed by atoms with Crippen molar-refractivity contribution < 1.29 is 22.6 Å². The fourth-order valence-corrected chi connectivity index (χ4v) is 2.83. The SMILES string of the molecule is CCOc1ccc(OCC)c(NC(N)=NC2CCN(CC(F)(F)F)C2)c1.I. The van der Waals surface area contributed by atoms with Crippen LogP contribution in [0.25, 0.3) is 0 Å². The number of hydrogen-bond acceptors (Lipinski definition) is 4. The molecule has 27 heavy (non-hydrogen) atoms. The summed E-state index contributed by atoms with van der Waals surface area (Å²) in [6, 6.07) is 5.04. The van der Waals surface area contributed by atoms with Crippen molar-refractivity contribution >= 4 is 35.6 Å². The first-order valence-corrected chi connectivity index (χ1v) is 8.59. The lowest BCUT2D eigenvalue weighted by Crippen LogP contribution is -2.33. The minimum absolute atomic E-state index is 0. The van der Waals surface area contributed by atoms with Crippen molar-refractivity contribution in [3.05, 3.63) is 18.2 Å². The van der Waals surface area contributed by atoms with Crippen molar-refractivity contribution in [1.82, 2.24) is 4.90 Å². The molecular formula is C17H26F3IN4O2. The monoisotopic (exact) mass is 502 g/mol. The Hall–Kier alpha value is -1.43. The van der Waals surface area contributed by atoms with Gasteiger partial charge in [0.2, 0.25) is 0 Å². The number of alkyl halides is 3. The zero-order chi connectivity index (χ0) is 19.2. The van der Waals surface area contributed by atoms with Gasteiger partial charge in [0.05, 0.1) is 31.5 Å². The van der Waals surface area contributed by atoms with Crippen LogP contribution in [0.4, 0.5) is 18.9 Å². The third kappa shape index (κ3) is 7.99. The Kier molecular flexibility index (Phi) is 9.43. The molecule has 10 heteroatoms. The number of ether oxygens (including phenoxy) is 2. The van der Waals surface area contributed by atoms with E-state index in [4.69, 9.17) is 15.2 Å². The molecule has 0 aromatic heterocycles. The van der Waals surface area contributed by atoms with E-state index in [-0.39, 0.29) is 42.5 Å². The summed E-state index contributed by atoms with van der Waals surface area (Å²) in [6.45, 7) is 4.42. The Morgan fingerprint density at radius 3 is 2.63 bits per heavy atom. The summed E-state index contributed by atoms with van der Waals surface area (Å²) < 4.78 is 48.4. The Morgan fingerprint density at radius 1 is 1.30 bits per heavy atom. The fraction of sp³-hybridized carbons (Fsp3) is 0.588. The zero-order valence-corrected chi connectivity index (χ0v) is 17.7. The van der Waals surface area contributed by atoms with Gasteiger partial charge in [-0.3, -0.25) is 4.90 Å². The van der Waals surface area contributed by atoms with Crippen LogP contribution in [-0.2, 0) is 0 Å². The quantitative estimate of drug-likeness (QED) is 0.340. The van der Waals surface area contributed by atoms with Crippen LogP contribution in [0.2, 0.25) is 0 Å². The molecule has 0 spiro atoms. The first kappa shape index (κ1) is 23.6. The van der Waals surface area contributed by atoms with E-state index in [1.165, 1.54) is 4.90 Å². The van der Waals surface area contributed by atoms with Gasteiger partial charge >= 0.3 is 6.18 Å². The van der Waals surface area contributed by atoms with Crippen LogP contribution < -0.4 is 20.5 Å². The molecule has 2 rings (SSSR count). The summed E-state index contributed by atoms with van der Waals surface area (Å²) in [6.07, 6.45) is -3.66. The molecule has 0 saturated carbocycles. The molecule has 1 aliphatic rings. The smallest absolute Gasteiger partial charge is 0.401 e. The minimum Gasteiger partial charge on any atom is -0.494 e. The van der Waals surface area contributed by atoms with Crippen molar-refractivity contribution in [3.8, 4) is 11.5 Å². The third-order valence-corrected chi connectivity index (χ3v) is 3.80. The van der Waals surface area contributed by atoms with Gasteiger partial charge in [-0.15, -0.1) is 24.0 Å². The molecule has 0 aliphatic carbocycles. The van der Waals surface area contributed by atoms with E-state index in [1.54, 1.807) is 18.2 Å². The molecule has 0 radical (unpaired) electrons. The number of nitrogens with one attached hydrogen (secondary N) is 1.